The van der Waals surface area contributed by atoms with E-state index in [4.69, 9.17) is 364 Å². The second kappa shape index (κ2) is 45.2. The monoisotopic (exact) mass is 1030 g/mol. The molecule has 0 aliphatic heterocycles. The van der Waals surface area contributed by atoms with Gasteiger partial charge in [-0.2, -0.15) is 0 Å². The van der Waals surface area contributed by atoms with Crippen LogP contribution in [0.1, 0.15) is 0 Å². The van der Waals surface area contributed by atoms with Crippen molar-refractivity contribution in [3.63, 3.8) is 0 Å². The zero-order valence-corrected chi connectivity index (χ0v) is 53.9. The van der Waals surface area contributed by atoms with Crippen LogP contribution in [0, 0.1) is 0 Å². The second-order valence-electron chi connectivity index (χ2n) is 25.6. The Morgan fingerprint density at radius 1 is 0.0978 bits per heavy atom. The van der Waals surface area contributed by atoms with Crippen LogP contribution >= 0.6 is 7.56 Å². The summed E-state index contributed by atoms with van der Waals surface area (Å²) >= 11 is 0. The van der Waals surface area contributed by atoms with Crippen LogP contribution in [0.25, 0.3) is 0 Å². The third-order valence-electron chi connectivity index (χ3n) is 19.0. The van der Waals surface area contributed by atoms with Crippen molar-refractivity contribution in [3.05, 3.63) is 0 Å². The van der Waals surface area contributed by atoms with Crippen molar-refractivity contribution >= 4 is 652 Å². The van der Waals surface area contributed by atoms with Crippen LogP contribution in [0.4, 0.5) is 0 Å². The highest BCUT2D eigenvalue weighted by Crippen LogP contribution is 2.53. The first-order valence-corrected chi connectivity index (χ1v) is 31.7. The Balaban J connectivity index is 14.0. The molecule has 278 valence electrons. The van der Waals surface area contributed by atoms with Gasteiger partial charge in [0.15, 0.2) is 0 Å². The van der Waals surface area contributed by atoms with Gasteiger partial charge in [-0.3, -0.25) is 7.56 Å². The average Bonchev–Trinajstić information content (AvgIpc) is 3.33. The summed E-state index contributed by atoms with van der Waals surface area (Å²) in [4.78, 5) is 0. The molecule has 92 heavy (non-hydrogen) atoms. The Morgan fingerprint density at radius 2 is 0.185 bits per heavy atom. The highest BCUT2D eigenvalue weighted by Gasteiger charge is 2.67. The van der Waals surface area contributed by atoms with Crippen LogP contribution in [0.5, 0.6) is 0 Å². The molecule has 0 amide bonds. The van der Waals surface area contributed by atoms with Gasteiger partial charge in [0.2, 0.25) is 0 Å². The molecule has 0 nitrogen and oxygen atoms in total. The third-order valence-corrected chi connectivity index (χ3v) is 23.1. The standard InChI is InChI=1S/B91P/c1-48(2)71(47)83(72(49(3)4)50(5)6)89(84(73(51(7)8)52(9)10)74(53(11)12)54(13)14)92(90(85(75(55(15)16)56(17)18)76(57(19)20)58(21)22)86(77(59(23)24)60(25)26)78(61(27)28)62(29)30)91(87(79(63(31)32)64(33)34)80(65(35)36)66(37)38)88(81(67(39)40)68(41)42)82(69(43)44)70(45)46. The molecule has 0 unspecified atom stereocenters. The van der Waals surface area contributed by atoms with E-state index in [-0.39, 0.29) is 0 Å². The second-order valence-corrected chi connectivity index (χ2v) is 28.3. The molecule has 0 saturated heterocycles. The van der Waals surface area contributed by atoms with Gasteiger partial charge >= 0.3 is 0 Å². The largest absolute Gasteiger partial charge is 0.253 e. The average molecular weight is 1010 g/mol. The van der Waals surface area contributed by atoms with Gasteiger partial charge in [0.05, 0.1) is 18.6 Å². The summed E-state index contributed by atoms with van der Waals surface area (Å²) in [6.45, 7) is 0. The molecule has 0 aromatic heterocycles. The first kappa shape index (κ1) is 98.3. The SMILES string of the molecule is [B]B([B])B([B])B(B(B([B])[B])B([B])[B])B(B(B(B([B])[B])B([B])[B])B(B([B])[B])B([B])[B])P(B(B(B(B([B])[B])B([B])[B])B(B([B])[B])B([B])[B])B(B(B([B])[B])B([B])[B])B(B([B])[B])B([B])[B])B(B(B(B([B])[B])B([B])[B])B(B([B])[B])B([B])[B])B(B(B([B])[B])B([B])[B])B(B([B])[B])B([B])[B]. The van der Waals surface area contributed by atoms with Crippen LogP contribution in [-0.4, -0.2) is 644 Å². The first-order valence-electron chi connectivity index (χ1n) is 30.1. The van der Waals surface area contributed by atoms with Crippen molar-refractivity contribution in [3.8, 4) is 0 Å². The number of rotatable bonds is 44. The Bertz CT molecular complexity index is 1500. The Kier molecular flexibility index (Phi) is 48.3. The lowest BCUT2D eigenvalue weighted by Crippen LogP contribution is -2.93. The van der Waals surface area contributed by atoms with E-state index in [1.165, 1.54) is 0 Å². The van der Waals surface area contributed by atoms with E-state index in [1.54, 1.807) is 0 Å². The minimum Gasteiger partial charge on any atom is -0.253 e. The molecule has 0 fully saturated rings. The van der Waals surface area contributed by atoms with Crippen LogP contribution < -0.4 is 0 Å². The van der Waals surface area contributed by atoms with Crippen molar-refractivity contribution in [2.45, 2.75) is 0 Å². The lowest BCUT2D eigenvalue weighted by Gasteiger charge is -2.64. The first-order chi connectivity index (χ1) is 41.8. The van der Waals surface area contributed by atoms with Crippen molar-refractivity contribution in [1.29, 1.82) is 0 Å². The molecule has 0 saturated carbocycles. The molecule has 0 N–H and O–H groups in total. The smallest absolute Gasteiger partial charge is 0.0527 e. The van der Waals surface area contributed by atoms with Crippen molar-refractivity contribution in [2.24, 2.45) is 0 Å². The summed E-state index contributed by atoms with van der Waals surface area (Å²) in [6.07, 6.45) is -79.0. The van der Waals surface area contributed by atoms with Crippen LogP contribution in [0.2, 0.25) is 0 Å². The quantitative estimate of drug-likeness (QED) is 0.0421. The zero-order valence-electron chi connectivity index (χ0n) is 53.0. The minimum absolute atomic E-state index is 1.70. The molecular formula is B91P. The summed E-state index contributed by atoms with van der Waals surface area (Å²) in [5.74, 6) is 0. The lowest BCUT2D eigenvalue weighted by molar-refractivity contribution is 3.21. The predicted molar refractivity (Wildman–Crippen MR) is 531 cm³/mol. The van der Waals surface area contributed by atoms with Crippen molar-refractivity contribution in [1.82, 2.24) is 0 Å². The maximum Gasteiger partial charge on any atom is 0.0527 e. The highest BCUT2D eigenvalue weighted by molar-refractivity contribution is 8.64. The fourth-order valence-corrected chi connectivity index (χ4v) is 21.5. The van der Waals surface area contributed by atoms with E-state index >= 15 is 0 Å². The van der Waals surface area contributed by atoms with E-state index in [9.17, 15) is 0 Å². The fourth-order valence-electron chi connectivity index (χ4n) is 15.6. The molecule has 0 spiro atoms. The molecule has 0 aliphatic rings. The third kappa shape index (κ3) is 26.3. The van der Waals surface area contributed by atoms with E-state index in [2.05, 4.69) is 0 Å². The Hall–Kier alpha value is 6.34. The molecule has 0 aromatic rings. The minimum atomic E-state index is -3.58. The van der Waals surface area contributed by atoms with E-state index < -0.39 is 288 Å². The summed E-state index contributed by atoms with van der Waals surface area (Å²) in [6, 6.07) is 0. The molecule has 0 bridgehead atoms. The summed E-state index contributed by atoms with van der Waals surface area (Å²) < 4.78 is 0. The van der Waals surface area contributed by atoms with E-state index in [1.807, 2.05) is 0 Å². The van der Waals surface area contributed by atoms with Crippen molar-refractivity contribution in [2.75, 3.05) is 0 Å². The van der Waals surface area contributed by atoms with E-state index in [0.29, 0.717) is 0 Å². The highest BCUT2D eigenvalue weighted by atomic mass is 31.1. The van der Waals surface area contributed by atoms with Crippen LogP contribution in [-0.2, 0) is 0 Å². The maximum atomic E-state index is 7.62. The topological polar surface area (TPSA) is 0 Å². The molecular weight excluding hydrogens is 1010 g/mol. The lowest BCUT2D eigenvalue weighted by atomic mass is 8.36. The molecule has 0 aromatic carbocycles. The summed E-state index contributed by atoms with van der Waals surface area (Å²) in [5, 5.41) is 0. The summed E-state index contributed by atoms with van der Waals surface area (Å²) in [7, 11) is 327. The van der Waals surface area contributed by atoms with Gasteiger partial charge < -0.3 is 0 Å². The van der Waals surface area contributed by atoms with Crippen LogP contribution in [0.3, 0.4) is 0 Å². The van der Waals surface area contributed by atoms with Gasteiger partial charge in [-0.1, -0.05) is 0 Å². The molecule has 0 rings (SSSR count). The molecule has 0 atom stereocenters. The van der Waals surface area contributed by atoms with Crippen LogP contribution in [0.15, 0.2) is 0 Å². The van der Waals surface area contributed by atoms with E-state index in [0.717, 1.165) is 0 Å². The van der Waals surface area contributed by atoms with Gasteiger partial charge in [0, 0.05) is 625 Å². The maximum absolute atomic E-state index is 7.62. The molecule has 0 aliphatic carbocycles. The van der Waals surface area contributed by atoms with Gasteiger partial charge in [-0.05, 0) is 0 Å². The normalized spacial score (nSPS) is 9.92. The summed E-state index contributed by atoms with van der Waals surface area (Å²) in [5.41, 5.74) is 0. The fraction of sp³-hybridized carbons (Fsp3) is 0. The van der Waals surface area contributed by atoms with Gasteiger partial charge in [0.1, 0.15) is 0 Å². The Morgan fingerprint density at radius 3 is 0.272 bits per heavy atom. The molecule has 0 heterocycles. The van der Waals surface area contributed by atoms with Gasteiger partial charge in [-0.15, -0.1) is 0 Å². The molecule has 92 heteroatoms. The van der Waals surface area contributed by atoms with Gasteiger partial charge in [0.25, 0.3) is 0 Å². The number of hydrogen-bond acceptors (Lipinski definition) is 0. The molecule has 94 radical (unpaired) electrons. The van der Waals surface area contributed by atoms with Crippen molar-refractivity contribution < 1.29 is 0 Å². The number of hydrogen-bond donors (Lipinski definition) is 0. The van der Waals surface area contributed by atoms with Gasteiger partial charge in [-0.25, -0.2) is 0 Å². The zero-order chi connectivity index (χ0) is 73.0. The predicted octanol–water partition coefficient (Wildman–Crippen LogP) is -33.8. The Labute approximate surface area is 645 Å².